The van der Waals surface area contributed by atoms with Gasteiger partial charge < -0.3 is 10.2 Å². The van der Waals surface area contributed by atoms with Crippen LogP contribution in [0.25, 0.3) is 0 Å². The van der Waals surface area contributed by atoms with Gasteiger partial charge in [0.05, 0.1) is 0 Å². The van der Waals surface area contributed by atoms with Gasteiger partial charge in [-0.15, -0.1) is 0 Å². The molecular formula is C18H27ClN2. The molecule has 1 aromatic carbocycles. The van der Waals surface area contributed by atoms with E-state index in [9.17, 15) is 0 Å². The molecule has 1 aliphatic rings. The fourth-order valence-electron chi connectivity index (χ4n) is 2.80. The first-order valence-corrected chi connectivity index (χ1v) is 8.12. The number of hydrogen-bond acceptors (Lipinski definition) is 2. The van der Waals surface area contributed by atoms with Crippen molar-refractivity contribution < 1.29 is 0 Å². The van der Waals surface area contributed by atoms with E-state index in [-0.39, 0.29) is 11.5 Å². The average Bonchev–Trinajstić information content (AvgIpc) is 2.45. The third kappa shape index (κ3) is 3.81. The maximum absolute atomic E-state index is 6.44. The van der Waals surface area contributed by atoms with Crippen molar-refractivity contribution in [2.45, 2.75) is 40.2 Å². The lowest BCUT2D eigenvalue weighted by Crippen LogP contribution is -2.31. The molecule has 1 aromatic rings. The number of nitrogens with zero attached hydrogens (tertiary/aromatic N) is 1. The lowest BCUT2D eigenvalue weighted by molar-refractivity contribution is 0.472. The van der Waals surface area contributed by atoms with Crippen LogP contribution in [0, 0.1) is 5.41 Å². The van der Waals surface area contributed by atoms with Gasteiger partial charge in [-0.1, -0.05) is 50.1 Å². The van der Waals surface area contributed by atoms with Crippen LogP contribution in [0.15, 0.2) is 29.8 Å². The molecule has 116 valence electrons. The second-order valence-electron chi connectivity index (χ2n) is 6.89. The minimum Gasteiger partial charge on any atom is -0.367 e. The number of benzene rings is 1. The van der Waals surface area contributed by atoms with Crippen LogP contribution in [0.5, 0.6) is 0 Å². The molecule has 1 unspecified atom stereocenters. The topological polar surface area (TPSA) is 15.3 Å². The van der Waals surface area contributed by atoms with Crippen LogP contribution in [0.3, 0.4) is 0 Å². The monoisotopic (exact) mass is 306 g/mol. The van der Waals surface area contributed by atoms with E-state index in [4.69, 9.17) is 11.6 Å². The molecule has 0 saturated heterocycles. The quantitative estimate of drug-likeness (QED) is 0.807. The van der Waals surface area contributed by atoms with Gasteiger partial charge in [-0.3, -0.25) is 0 Å². The van der Waals surface area contributed by atoms with Crippen LogP contribution >= 0.6 is 11.6 Å². The highest BCUT2D eigenvalue weighted by molar-refractivity contribution is 6.31. The first kappa shape index (κ1) is 16.4. The second-order valence-corrected chi connectivity index (χ2v) is 7.30. The van der Waals surface area contributed by atoms with E-state index in [1.807, 2.05) is 7.05 Å². The molecule has 1 N–H and O–H groups in total. The number of nitrogens with one attached hydrogen (secondary N) is 1. The van der Waals surface area contributed by atoms with Gasteiger partial charge >= 0.3 is 0 Å². The molecule has 0 aliphatic carbocycles. The van der Waals surface area contributed by atoms with Gasteiger partial charge in [0, 0.05) is 29.8 Å². The lowest BCUT2D eigenvalue weighted by atomic mass is 9.83. The van der Waals surface area contributed by atoms with E-state index in [1.54, 1.807) is 5.57 Å². The Bertz CT molecular complexity index is 529. The SMILES string of the molecule is CNC(C)c1ccc(N2CC=C(C(C)(C)C)CC2)cc1Cl. The molecule has 3 heteroatoms. The van der Waals surface area contributed by atoms with Crippen molar-refractivity contribution >= 4 is 17.3 Å². The van der Waals surface area contributed by atoms with Crippen molar-refractivity contribution in [3.63, 3.8) is 0 Å². The standard InChI is InChI=1S/C18H27ClN2/c1-13(20-5)16-7-6-15(12-17(16)19)21-10-8-14(9-11-21)18(2,3)4/h6-8,12-13,20H,9-11H2,1-5H3. The summed E-state index contributed by atoms with van der Waals surface area (Å²) in [6, 6.07) is 6.70. The Hall–Kier alpha value is -0.990. The number of rotatable bonds is 3. The van der Waals surface area contributed by atoms with Crippen molar-refractivity contribution in [2.24, 2.45) is 5.41 Å². The molecule has 1 heterocycles. The Kier molecular flexibility index (Phi) is 5.00. The minimum atomic E-state index is 0.278. The number of halogens is 1. The summed E-state index contributed by atoms with van der Waals surface area (Å²) in [5.74, 6) is 0. The van der Waals surface area contributed by atoms with Crippen LogP contribution in [-0.4, -0.2) is 20.1 Å². The van der Waals surface area contributed by atoms with E-state index < -0.39 is 0 Å². The molecule has 0 amide bonds. The van der Waals surface area contributed by atoms with Gasteiger partial charge in [-0.25, -0.2) is 0 Å². The highest BCUT2D eigenvalue weighted by Crippen LogP contribution is 2.33. The summed E-state index contributed by atoms with van der Waals surface area (Å²) in [4.78, 5) is 2.40. The van der Waals surface area contributed by atoms with Gasteiger partial charge in [0.25, 0.3) is 0 Å². The van der Waals surface area contributed by atoms with Crippen molar-refractivity contribution in [3.05, 3.63) is 40.4 Å². The molecule has 0 radical (unpaired) electrons. The van der Waals surface area contributed by atoms with Crippen LogP contribution in [0.4, 0.5) is 5.69 Å². The Morgan fingerprint density at radius 3 is 2.48 bits per heavy atom. The second kappa shape index (κ2) is 6.41. The zero-order valence-electron chi connectivity index (χ0n) is 13.8. The van der Waals surface area contributed by atoms with E-state index in [0.29, 0.717) is 0 Å². The normalized spacial score (nSPS) is 17.6. The molecule has 0 bridgehead atoms. The van der Waals surface area contributed by atoms with E-state index in [1.165, 1.54) is 5.69 Å². The minimum absolute atomic E-state index is 0.278. The van der Waals surface area contributed by atoms with Crippen molar-refractivity contribution in [3.8, 4) is 0 Å². The largest absolute Gasteiger partial charge is 0.367 e. The number of anilines is 1. The predicted octanol–water partition coefficient (Wildman–Crippen LogP) is 4.80. The first-order chi connectivity index (χ1) is 9.82. The summed E-state index contributed by atoms with van der Waals surface area (Å²) >= 11 is 6.44. The number of hydrogen-bond donors (Lipinski definition) is 1. The summed E-state index contributed by atoms with van der Waals surface area (Å²) in [7, 11) is 1.96. The van der Waals surface area contributed by atoms with Gasteiger partial charge in [0.1, 0.15) is 0 Å². The molecule has 2 rings (SSSR count). The zero-order chi connectivity index (χ0) is 15.6. The fourth-order valence-corrected chi connectivity index (χ4v) is 3.14. The molecule has 0 saturated carbocycles. The third-order valence-electron chi connectivity index (χ3n) is 4.42. The van der Waals surface area contributed by atoms with Gasteiger partial charge in [0.2, 0.25) is 0 Å². The van der Waals surface area contributed by atoms with Crippen LogP contribution in [0.2, 0.25) is 5.02 Å². The Labute approximate surface area is 134 Å². The summed E-state index contributed by atoms with van der Waals surface area (Å²) in [5.41, 5.74) is 4.22. The third-order valence-corrected chi connectivity index (χ3v) is 4.75. The molecule has 0 spiro atoms. The average molecular weight is 307 g/mol. The van der Waals surface area contributed by atoms with Crippen LogP contribution in [-0.2, 0) is 0 Å². The maximum atomic E-state index is 6.44. The van der Waals surface area contributed by atoms with Gasteiger partial charge in [-0.05, 0) is 43.5 Å². The Morgan fingerprint density at radius 2 is 2.00 bits per heavy atom. The van der Waals surface area contributed by atoms with Crippen molar-refractivity contribution in [2.75, 3.05) is 25.0 Å². The molecular weight excluding hydrogens is 280 g/mol. The Balaban J connectivity index is 2.14. The van der Waals surface area contributed by atoms with Crippen LogP contribution in [0.1, 0.15) is 45.7 Å². The molecule has 0 aromatic heterocycles. The summed E-state index contributed by atoms with van der Waals surface area (Å²) in [6.45, 7) is 11.0. The Morgan fingerprint density at radius 1 is 1.29 bits per heavy atom. The van der Waals surface area contributed by atoms with Gasteiger partial charge in [-0.2, -0.15) is 0 Å². The first-order valence-electron chi connectivity index (χ1n) is 7.74. The highest BCUT2D eigenvalue weighted by atomic mass is 35.5. The molecule has 0 fully saturated rings. The van der Waals surface area contributed by atoms with Crippen LogP contribution < -0.4 is 10.2 Å². The van der Waals surface area contributed by atoms with Gasteiger partial charge in [0.15, 0.2) is 0 Å². The predicted molar refractivity (Wildman–Crippen MR) is 93.3 cm³/mol. The molecule has 1 aliphatic heterocycles. The van der Waals surface area contributed by atoms with Crippen molar-refractivity contribution in [1.82, 2.24) is 5.32 Å². The highest BCUT2D eigenvalue weighted by Gasteiger charge is 2.21. The van der Waals surface area contributed by atoms with E-state index in [0.717, 1.165) is 30.1 Å². The van der Waals surface area contributed by atoms with E-state index >= 15 is 0 Å². The molecule has 21 heavy (non-hydrogen) atoms. The maximum Gasteiger partial charge on any atom is 0.0474 e. The molecule has 1 atom stereocenters. The lowest BCUT2D eigenvalue weighted by Gasteiger charge is -2.33. The summed E-state index contributed by atoms with van der Waals surface area (Å²) < 4.78 is 0. The fraction of sp³-hybridized carbons (Fsp3) is 0.556. The summed E-state index contributed by atoms with van der Waals surface area (Å²) in [5, 5.41) is 4.08. The summed E-state index contributed by atoms with van der Waals surface area (Å²) in [6.07, 6.45) is 3.51. The smallest absolute Gasteiger partial charge is 0.0474 e. The zero-order valence-corrected chi connectivity index (χ0v) is 14.6. The molecule has 2 nitrogen and oxygen atoms in total. The van der Waals surface area contributed by atoms with E-state index in [2.05, 4.69) is 62.2 Å². The van der Waals surface area contributed by atoms with Crippen molar-refractivity contribution in [1.29, 1.82) is 0 Å².